The first-order valence-corrected chi connectivity index (χ1v) is 7.72. The smallest absolute Gasteiger partial charge is 0.433 e. The third kappa shape index (κ3) is 3.33. The Bertz CT molecular complexity index is 1080. The quantitative estimate of drug-likeness (QED) is 0.556. The van der Waals surface area contributed by atoms with Gasteiger partial charge in [-0.1, -0.05) is 24.3 Å². The Balaban J connectivity index is 2.28. The molecule has 0 aliphatic carbocycles. The number of esters is 1. The molecule has 0 bridgehead atoms. The van der Waals surface area contributed by atoms with E-state index in [2.05, 4.69) is 4.98 Å². The highest BCUT2D eigenvalue weighted by atomic mass is 19.4. The third-order valence-corrected chi connectivity index (χ3v) is 3.72. The van der Waals surface area contributed by atoms with Crippen LogP contribution >= 0.6 is 0 Å². The van der Waals surface area contributed by atoms with Gasteiger partial charge in [-0.25, -0.2) is 14.3 Å². The number of aldehydes is 1. The lowest BCUT2D eigenvalue weighted by Crippen LogP contribution is -2.15. The number of fused-ring (bicyclic) bond motifs is 1. The predicted octanol–water partition coefficient (Wildman–Crippen LogP) is 2.70. The number of H-pyrrole nitrogens is 1. The molecule has 7 nitrogen and oxygen atoms in total. The molecule has 140 valence electrons. The largest absolute Gasteiger partial charge is 0.462 e. The van der Waals surface area contributed by atoms with E-state index in [-0.39, 0.29) is 12.3 Å². The van der Waals surface area contributed by atoms with Crippen molar-refractivity contribution in [3.05, 3.63) is 57.5 Å². The number of aromatic nitrogens is 3. The monoisotopic (exact) mass is 379 g/mol. The summed E-state index contributed by atoms with van der Waals surface area (Å²) in [6.07, 6.45) is -4.30. The number of carbonyl (C=O) groups is 2. The molecule has 0 saturated carbocycles. The zero-order chi connectivity index (χ0) is 19.8. The molecule has 27 heavy (non-hydrogen) atoms. The first-order valence-electron chi connectivity index (χ1n) is 7.72. The number of halogens is 3. The van der Waals surface area contributed by atoms with Crippen LogP contribution in [-0.2, 0) is 10.9 Å². The van der Waals surface area contributed by atoms with Gasteiger partial charge in [0.1, 0.15) is 11.8 Å². The number of carbonyl (C=O) groups excluding carboxylic acids is 2. The van der Waals surface area contributed by atoms with E-state index in [0.717, 1.165) is 6.07 Å². The van der Waals surface area contributed by atoms with Crippen molar-refractivity contribution in [1.29, 1.82) is 0 Å². The van der Waals surface area contributed by atoms with Crippen molar-refractivity contribution in [2.75, 3.05) is 6.61 Å². The van der Waals surface area contributed by atoms with Gasteiger partial charge in [0, 0.05) is 17.2 Å². The first kappa shape index (κ1) is 18.4. The predicted molar refractivity (Wildman–Crippen MR) is 87.6 cm³/mol. The fraction of sp³-hybridized carbons (Fsp3) is 0.176. The molecule has 0 spiro atoms. The number of rotatable bonds is 4. The van der Waals surface area contributed by atoms with E-state index >= 15 is 0 Å². The van der Waals surface area contributed by atoms with Gasteiger partial charge in [0.2, 0.25) is 0 Å². The molecule has 0 atom stereocenters. The van der Waals surface area contributed by atoms with Gasteiger partial charge in [-0.15, -0.1) is 0 Å². The molecule has 2 heterocycles. The highest BCUT2D eigenvalue weighted by Crippen LogP contribution is 2.33. The second-order valence-electron chi connectivity index (χ2n) is 5.46. The Kier molecular flexibility index (Phi) is 4.56. The second-order valence-corrected chi connectivity index (χ2v) is 5.46. The molecule has 0 amide bonds. The topological polar surface area (TPSA) is 93.5 Å². The lowest BCUT2D eigenvalue weighted by atomic mass is 10.1. The summed E-state index contributed by atoms with van der Waals surface area (Å²) in [4.78, 5) is 39.2. The molecule has 0 unspecified atom stereocenters. The van der Waals surface area contributed by atoms with E-state index in [0.29, 0.717) is 21.9 Å². The zero-order valence-corrected chi connectivity index (χ0v) is 13.8. The van der Waals surface area contributed by atoms with Crippen molar-refractivity contribution in [3.8, 4) is 11.3 Å². The van der Waals surface area contributed by atoms with Gasteiger partial charge in [0.25, 0.3) is 5.56 Å². The van der Waals surface area contributed by atoms with Gasteiger partial charge in [0.05, 0.1) is 12.3 Å². The van der Waals surface area contributed by atoms with Gasteiger partial charge in [0.15, 0.2) is 11.3 Å². The second kappa shape index (κ2) is 6.71. The number of nitrogens with zero attached hydrogens (tertiary/aromatic N) is 2. The van der Waals surface area contributed by atoms with Crippen molar-refractivity contribution in [1.82, 2.24) is 14.6 Å². The molecule has 0 aliphatic rings. The van der Waals surface area contributed by atoms with Crippen LogP contribution < -0.4 is 5.56 Å². The van der Waals surface area contributed by atoms with Crippen LogP contribution in [0.3, 0.4) is 0 Å². The first-order chi connectivity index (χ1) is 12.8. The van der Waals surface area contributed by atoms with Crippen LogP contribution in [0, 0.1) is 0 Å². The van der Waals surface area contributed by atoms with Crippen molar-refractivity contribution in [2.24, 2.45) is 0 Å². The molecule has 0 aliphatic heterocycles. The van der Waals surface area contributed by atoms with Crippen molar-refractivity contribution < 1.29 is 27.5 Å². The van der Waals surface area contributed by atoms with Crippen LogP contribution in [-0.4, -0.2) is 33.5 Å². The normalized spacial score (nSPS) is 11.6. The molecule has 3 aromatic rings. The van der Waals surface area contributed by atoms with Gasteiger partial charge in [-0.05, 0) is 6.92 Å². The van der Waals surface area contributed by atoms with Gasteiger partial charge < -0.3 is 4.74 Å². The van der Waals surface area contributed by atoms with E-state index in [1.54, 1.807) is 0 Å². The van der Waals surface area contributed by atoms with Crippen LogP contribution in [0.4, 0.5) is 13.2 Å². The van der Waals surface area contributed by atoms with Crippen molar-refractivity contribution in [2.45, 2.75) is 13.1 Å². The summed E-state index contributed by atoms with van der Waals surface area (Å²) in [5.74, 6) is -1.25. The highest BCUT2D eigenvalue weighted by Gasteiger charge is 2.40. The molecule has 0 saturated heterocycles. The van der Waals surface area contributed by atoms with E-state index in [4.69, 9.17) is 4.74 Å². The average Bonchev–Trinajstić information content (AvgIpc) is 3.02. The minimum Gasteiger partial charge on any atom is -0.462 e. The Morgan fingerprint density at radius 1 is 1.30 bits per heavy atom. The van der Waals surface area contributed by atoms with E-state index in [1.165, 1.54) is 31.2 Å². The minimum absolute atomic E-state index is 0.0516. The summed E-state index contributed by atoms with van der Waals surface area (Å²) in [6.45, 7) is 1.30. The number of benzene rings is 1. The zero-order valence-electron chi connectivity index (χ0n) is 13.8. The van der Waals surface area contributed by atoms with Gasteiger partial charge in [-0.2, -0.15) is 13.2 Å². The summed E-state index contributed by atoms with van der Waals surface area (Å²) in [5, 5.41) is 1.88. The Hall–Kier alpha value is -3.43. The molecule has 10 heteroatoms. The summed E-state index contributed by atoms with van der Waals surface area (Å²) in [6, 6.07) is 6.94. The van der Waals surface area contributed by atoms with Crippen molar-refractivity contribution in [3.63, 3.8) is 0 Å². The third-order valence-electron chi connectivity index (χ3n) is 3.72. The Morgan fingerprint density at radius 2 is 1.96 bits per heavy atom. The summed E-state index contributed by atoms with van der Waals surface area (Å²) < 4.78 is 45.2. The van der Waals surface area contributed by atoms with E-state index in [9.17, 15) is 27.6 Å². The van der Waals surface area contributed by atoms with Gasteiger partial charge >= 0.3 is 12.1 Å². The maximum absolute atomic E-state index is 13.3. The SMILES string of the molecule is CCOC(=O)c1c(C(F)(F)F)[nH]n2c(=O)cc(-c3ccc(C=O)cc3)nc12. The fourth-order valence-corrected chi connectivity index (χ4v) is 2.52. The van der Waals surface area contributed by atoms with Crippen LogP contribution in [0.5, 0.6) is 0 Å². The van der Waals surface area contributed by atoms with E-state index in [1.807, 2.05) is 5.10 Å². The molecule has 3 rings (SSSR count). The molecule has 0 fully saturated rings. The van der Waals surface area contributed by atoms with Crippen LogP contribution in [0.1, 0.15) is 33.3 Å². The molecule has 0 radical (unpaired) electrons. The number of ether oxygens (including phenoxy) is 1. The molecular weight excluding hydrogens is 367 g/mol. The Labute approximate surface area is 149 Å². The lowest BCUT2D eigenvalue weighted by molar-refractivity contribution is -0.141. The van der Waals surface area contributed by atoms with Crippen LogP contribution in [0.25, 0.3) is 16.9 Å². The van der Waals surface area contributed by atoms with Crippen molar-refractivity contribution >= 4 is 17.9 Å². The summed E-state index contributed by atoms with van der Waals surface area (Å²) in [5.41, 5.74) is -2.80. The van der Waals surface area contributed by atoms with Crippen LogP contribution in [0.2, 0.25) is 0 Å². The number of hydrogen-bond acceptors (Lipinski definition) is 5. The van der Waals surface area contributed by atoms with E-state index < -0.39 is 34.6 Å². The number of hydrogen-bond donors (Lipinski definition) is 1. The molecular formula is C17H12F3N3O4. The summed E-state index contributed by atoms with van der Waals surface area (Å²) in [7, 11) is 0. The van der Waals surface area contributed by atoms with Crippen LogP contribution in [0.15, 0.2) is 35.1 Å². The number of aromatic amines is 1. The summed E-state index contributed by atoms with van der Waals surface area (Å²) >= 11 is 0. The fourth-order valence-electron chi connectivity index (χ4n) is 2.52. The molecule has 2 aromatic heterocycles. The maximum Gasteiger partial charge on any atom is 0.433 e. The standard InChI is InChI=1S/C17H12F3N3O4/c1-2-27-16(26)13-14(17(18,19)20)22-23-12(25)7-11(21-15(13)23)10-5-3-9(8-24)4-6-10/h3-8,22H,2H2,1H3. The minimum atomic E-state index is -4.92. The highest BCUT2D eigenvalue weighted by molar-refractivity contribution is 5.97. The van der Waals surface area contributed by atoms with Gasteiger partial charge in [-0.3, -0.25) is 14.7 Å². The number of alkyl halides is 3. The molecule has 1 N–H and O–H groups in total. The average molecular weight is 379 g/mol. The lowest BCUT2D eigenvalue weighted by Gasteiger charge is -2.06. The number of nitrogens with one attached hydrogen (secondary N) is 1. The maximum atomic E-state index is 13.3. The molecule has 1 aromatic carbocycles. The Morgan fingerprint density at radius 3 is 2.52 bits per heavy atom.